The maximum absolute atomic E-state index is 14.2. The largest absolute Gasteiger partial charge is 0.337 e. The fraction of sp³-hybridized carbons (Fsp3) is 0.333. The third kappa shape index (κ3) is 3.83. The lowest BCUT2D eigenvalue weighted by Crippen LogP contribution is -2.49. The van der Waals surface area contributed by atoms with Gasteiger partial charge in [0.1, 0.15) is 5.82 Å². The van der Waals surface area contributed by atoms with Crippen molar-refractivity contribution < 1.29 is 9.18 Å². The van der Waals surface area contributed by atoms with E-state index >= 15 is 0 Å². The monoisotopic (exact) mass is 394 g/mol. The summed E-state index contributed by atoms with van der Waals surface area (Å²) in [6.07, 6.45) is 3.24. The molecule has 29 heavy (non-hydrogen) atoms. The normalized spacial score (nSPS) is 14.5. The van der Waals surface area contributed by atoms with Crippen molar-refractivity contribution in [3.05, 3.63) is 59.8 Å². The van der Waals surface area contributed by atoms with Gasteiger partial charge in [0, 0.05) is 43.6 Å². The molecule has 3 heterocycles. The minimum atomic E-state index is -0.391. The highest BCUT2D eigenvalue weighted by molar-refractivity contribution is 5.99. The van der Waals surface area contributed by atoms with Gasteiger partial charge in [0.15, 0.2) is 0 Å². The summed E-state index contributed by atoms with van der Waals surface area (Å²) in [6.45, 7) is 6.55. The summed E-state index contributed by atoms with van der Waals surface area (Å²) < 4.78 is 14.2. The van der Waals surface area contributed by atoms with Gasteiger partial charge in [0.05, 0.1) is 17.5 Å². The Balaban J connectivity index is 1.48. The number of benzene rings is 1. The molecule has 2 aromatic heterocycles. The first kappa shape index (κ1) is 19.0. The maximum Gasteiger partial charge on any atom is 0.257 e. The number of aromatic nitrogens is 4. The number of H-pyrrole nitrogens is 1. The maximum atomic E-state index is 14.2. The first-order valence-corrected chi connectivity index (χ1v) is 9.70. The van der Waals surface area contributed by atoms with Crippen molar-refractivity contribution in [2.45, 2.75) is 19.8 Å². The number of hydrogen-bond acceptors (Lipinski definition) is 5. The molecule has 1 N–H and O–H groups in total. The van der Waals surface area contributed by atoms with Gasteiger partial charge in [-0.05, 0) is 24.1 Å². The van der Waals surface area contributed by atoms with Crippen LogP contribution in [0.4, 0.5) is 10.3 Å². The SMILES string of the molecule is CC(C)c1ccnc(N2CCN(C(=O)c3cn[nH]c3-c3ccccc3F)CC2)n1. The van der Waals surface area contributed by atoms with E-state index in [4.69, 9.17) is 0 Å². The lowest BCUT2D eigenvalue weighted by molar-refractivity contribution is 0.0747. The van der Waals surface area contributed by atoms with Crippen LogP contribution < -0.4 is 4.90 Å². The third-order valence-electron chi connectivity index (χ3n) is 5.12. The van der Waals surface area contributed by atoms with Gasteiger partial charge in [-0.2, -0.15) is 5.10 Å². The molecule has 1 amide bonds. The van der Waals surface area contributed by atoms with Gasteiger partial charge in [0.2, 0.25) is 5.95 Å². The van der Waals surface area contributed by atoms with Crippen LogP contribution in [0.2, 0.25) is 0 Å². The molecule has 7 nitrogen and oxygen atoms in total. The molecule has 0 unspecified atom stereocenters. The van der Waals surface area contributed by atoms with Gasteiger partial charge in [0.25, 0.3) is 5.91 Å². The van der Waals surface area contributed by atoms with Crippen molar-refractivity contribution >= 4 is 11.9 Å². The quantitative estimate of drug-likeness (QED) is 0.736. The van der Waals surface area contributed by atoms with Crippen LogP contribution in [0.3, 0.4) is 0 Å². The lowest BCUT2D eigenvalue weighted by atomic mass is 10.1. The van der Waals surface area contributed by atoms with Crippen LogP contribution in [0.1, 0.15) is 35.8 Å². The van der Waals surface area contributed by atoms with Gasteiger partial charge in [-0.25, -0.2) is 14.4 Å². The molecular formula is C21H23FN6O. The second-order valence-electron chi connectivity index (χ2n) is 7.35. The Bertz CT molecular complexity index is 1010. The zero-order valence-electron chi connectivity index (χ0n) is 16.5. The van der Waals surface area contributed by atoms with E-state index in [2.05, 4.69) is 38.9 Å². The second kappa shape index (κ2) is 7.98. The first-order chi connectivity index (χ1) is 14.0. The molecule has 0 aliphatic carbocycles. The summed E-state index contributed by atoms with van der Waals surface area (Å²) in [5.74, 6) is 0.475. The van der Waals surface area contributed by atoms with E-state index in [1.54, 1.807) is 29.3 Å². The molecular weight excluding hydrogens is 371 g/mol. The molecule has 1 fully saturated rings. The Labute approximate surface area is 168 Å². The van der Waals surface area contributed by atoms with E-state index in [1.165, 1.54) is 12.3 Å². The average Bonchev–Trinajstić information content (AvgIpc) is 3.23. The number of carbonyl (C=O) groups is 1. The van der Waals surface area contributed by atoms with E-state index in [1.807, 2.05) is 6.07 Å². The number of hydrogen-bond donors (Lipinski definition) is 1. The van der Waals surface area contributed by atoms with Crippen molar-refractivity contribution in [1.82, 2.24) is 25.1 Å². The summed E-state index contributed by atoms with van der Waals surface area (Å²) in [5.41, 5.74) is 2.12. The van der Waals surface area contributed by atoms with Crippen LogP contribution in [0.15, 0.2) is 42.7 Å². The minimum Gasteiger partial charge on any atom is -0.337 e. The predicted molar refractivity (Wildman–Crippen MR) is 108 cm³/mol. The van der Waals surface area contributed by atoms with Gasteiger partial charge in [-0.15, -0.1) is 0 Å². The van der Waals surface area contributed by atoms with Crippen molar-refractivity contribution in [3.8, 4) is 11.3 Å². The van der Waals surface area contributed by atoms with Crippen LogP contribution >= 0.6 is 0 Å². The summed E-state index contributed by atoms with van der Waals surface area (Å²) in [4.78, 5) is 25.9. The Morgan fingerprint density at radius 1 is 1.14 bits per heavy atom. The topological polar surface area (TPSA) is 78.0 Å². The molecule has 0 radical (unpaired) electrons. The predicted octanol–water partition coefficient (Wildman–Crippen LogP) is 3.09. The molecule has 0 atom stereocenters. The first-order valence-electron chi connectivity index (χ1n) is 9.70. The van der Waals surface area contributed by atoms with E-state index in [0.717, 1.165) is 5.69 Å². The molecule has 1 aliphatic heterocycles. The molecule has 0 saturated carbocycles. The van der Waals surface area contributed by atoms with E-state index in [0.29, 0.717) is 54.9 Å². The fourth-order valence-electron chi connectivity index (χ4n) is 3.43. The average molecular weight is 394 g/mol. The Morgan fingerprint density at radius 3 is 2.62 bits per heavy atom. The Hall–Kier alpha value is -3.29. The number of nitrogens with one attached hydrogen (secondary N) is 1. The number of rotatable bonds is 4. The molecule has 150 valence electrons. The molecule has 1 saturated heterocycles. The van der Waals surface area contributed by atoms with Crippen LogP contribution in [-0.4, -0.2) is 57.2 Å². The molecule has 0 bridgehead atoms. The van der Waals surface area contributed by atoms with E-state index in [-0.39, 0.29) is 5.91 Å². The number of anilines is 1. The molecule has 3 aromatic rings. The highest BCUT2D eigenvalue weighted by atomic mass is 19.1. The summed E-state index contributed by atoms with van der Waals surface area (Å²) in [5, 5.41) is 6.74. The Morgan fingerprint density at radius 2 is 1.90 bits per heavy atom. The van der Waals surface area contributed by atoms with Crippen LogP contribution in [-0.2, 0) is 0 Å². The van der Waals surface area contributed by atoms with E-state index in [9.17, 15) is 9.18 Å². The number of aromatic amines is 1. The lowest BCUT2D eigenvalue weighted by Gasteiger charge is -2.34. The van der Waals surface area contributed by atoms with Gasteiger partial charge in [-0.1, -0.05) is 26.0 Å². The van der Waals surface area contributed by atoms with Gasteiger partial charge >= 0.3 is 0 Å². The van der Waals surface area contributed by atoms with Crippen LogP contribution in [0, 0.1) is 5.82 Å². The fourth-order valence-corrected chi connectivity index (χ4v) is 3.43. The smallest absolute Gasteiger partial charge is 0.257 e. The number of piperazine rings is 1. The van der Waals surface area contributed by atoms with Crippen LogP contribution in [0.25, 0.3) is 11.3 Å². The van der Waals surface area contributed by atoms with Crippen molar-refractivity contribution in [1.29, 1.82) is 0 Å². The number of amides is 1. The van der Waals surface area contributed by atoms with E-state index < -0.39 is 5.82 Å². The zero-order valence-corrected chi connectivity index (χ0v) is 16.5. The summed E-state index contributed by atoms with van der Waals surface area (Å²) in [6, 6.07) is 8.28. The van der Waals surface area contributed by atoms with Gasteiger partial charge in [-0.3, -0.25) is 9.89 Å². The standard InChI is InChI=1S/C21H23FN6O/c1-14(2)18-7-8-23-21(25-18)28-11-9-27(10-12-28)20(29)16-13-24-26-19(16)15-5-3-4-6-17(15)22/h3-8,13-14H,9-12H2,1-2H3,(H,24,26). The Kier molecular flexibility index (Phi) is 5.24. The summed E-state index contributed by atoms with van der Waals surface area (Å²) in [7, 11) is 0. The van der Waals surface area contributed by atoms with Crippen molar-refractivity contribution in [2.24, 2.45) is 0 Å². The van der Waals surface area contributed by atoms with Crippen LogP contribution in [0.5, 0.6) is 0 Å². The molecule has 0 spiro atoms. The second-order valence-corrected chi connectivity index (χ2v) is 7.35. The highest BCUT2D eigenvalue weighted by Gasteiger charge is 2.27. The van der Waals surface area contributed by atoms with Gasteiger partial charge < -0.3 is 9.80 Å². The molecule has 4 rings (SSSR count). The summed E-state index contributed by atoms with van der Waals surface area (Å²) >= 11 is 0. The molecule has 1 aromatic carbocycles. The minimum absolute atomic E-state index is 0.159. The third-order valence-corrected chi connectivity index (χ3v) is 5.12. The number of nitrogens with zero attached hydrogens (tertiary/aromatic N) is 5. The van der Waals surface area contributed by atoms with Crippen molar-refractivity contribution in [2.75, 3.05) is 31.1 Å². The zero-order chi connectivity index (χ0) is 20.4. The number of carbonyl (C=O) groups excluding carboxylic acids is 1. The molecule has 1 aliphatic rings. The van der Waals surface area contributed by atoms with Crippen molar-refractivity contribution in [3.63, 3.8) is 0 Å². The molecule has 8 heteroatoms. The highest BCUT2D eigenvalue weighted by Crippen LogP contribution is 2.25. The number of halogens is 1.